The molecule has 4 nitrogen and oxygen atoms in total. The van der Waals surface area contributed by atoms with E-state index in [0.717, 1.165) is 5.57 Å². The van der Waals surface area contributed by atoms with E-state index in [4.69, 9.17) is 10.5 Å². The molecular formula is C6H9NO3. The van der Waals surface area contributed by atoms with Crippen molar-refractivity contribution in [3.63, 3.8) is 0 Å². The van der Waals surface area contributed by atoms with Gasteiger partial charge in [-0.05, 0) is 0 Å². The Bertz CT molecular complexity index is 179. The van der Waals surface area contributed by atoms with Gasteiger partial charge in [-0.1, -0.05) is 0 Å². The van der Waals surface area contributed by atoms with Gasteiger partial charge >= 0.3 is 5.97 Å². The summed E-state index contributed by atoms with van der Waals surface area (Å²) in [5, 5.41) is 0. The molecule has 1 rings (SSSR count). The molecule has 0 amide bonds. The first-order chi connectivity index (χ1) is 4.75. The Morgan fingerprint density at radius 1 is 1.70 bits per heavy atom. The van der Waals surface area contributed by atoms with Crippen LogP contribution in [0.5, 0.6) is 0 Å². The molecule has 0 atom stereocenters. The minimum atomic E-state index is -0.474. The van der Waals surface area contributed by atoms with Crippen molar-refractivity contribution in [2.24, 2.45) is 5.73 Å². The first-order valence-corrected chi connectivity index (χ1v) is 2.89. The normalized spacial score (nSPS) is 15.9. The van der Waals surface area contributed by atoms with Gasteiger partial charge in [0.25, 0.3) is 0 Å². The summed E-state index contributed by atoms with van der Waals surface area (Å²) < 4.78 is 9.20. The molecule has 0 aromatic carbocycles. The number of hydrogen-bond acceptors (Lipinski definition) is 4. The summed E-state index contributed by atoms with van der Waals surface area (Å²) >= 11 is 0. The molecule has 0 aromatic rings. The third-order valence-electron chi connectivity index (χ3n) is 1.34. The molecule has 0 unspecified atom stereocenters. The summed E-state index contributed by atoms with van der Waals surface area (Å²) in [6.45, 7) is 0.919. The van der Waals surface area contributed by atoms with E-state index < -0.39 is 5.97 Å². The molecule has 0 radical (unpaired) electrons. The van der Waals surface area contributed by atoms with Gasteiger partial charge in [0.2, 0.25) is 0 Å². The molecule has 1 aliphatic rings. The van der Waals surface area contributed by atoms with Crippen LogP contribution in [-0.4, -0.2) is 26.3 Å². The lowest BCUT2D eigenvalue weighted by Gasteiger charge is -2.18. The van der Waals surface area contributed by atoms with Gasteiger partial charge in [-0.2, -0.15) is 0 Å². The summed E-state index contributed by atoms with van der Waals surface area (Å²) in [7, 11) is 1.30. The monoisotopic (exact) mass is 143 g/mol. The van der Waals surface area contributed by atoms with Crippen molar-refractivity contribution < 1.29 is 14.3 Å². The molecule has 4 heteroatoms. The van der Waals surface area contributed by atoms with Gasteiger partial charge in [0, 0.05) is 5.57 Å². The first-order valence-electron chi connectivity index (χ1n) is 2.89. The van der Waals surface area contributed by atoms with E-state index in [0.29, 0.717) is 13.2 Å². The highest BCUT2D eigenvalue weighted by atomic mass is 16.5. The summed E-state index contributed by atoms with van der Waals surface area (Å²) in [6, 6.07) is 0. The summed E-state index contributed by atoms with van der Waals surface area (Å²) in [6.07, 6.45) is 0. The Morgan fingerprint density at radius 3 is 2.60 bits per heavy atom. The maximum Gasteiger partial charge on any atom is 0.354 e. The highest BCUT2D eigenvalue weighted by Crippen LogP contribution is 2.11. The lowest BCUT2D eigenvalue weighted by molar-refractivity contribution is -0.136. The number of methoxy groups -OCH3 is 1. The molecule has 2 N–H and O–H groups in total. The topological polar surface area (TPSA) is 61.5 Å². The Morgan fingerprint density at radius 2 is 2.30 bits per heavy atom. The number of rotatable bonds is 1. The zero-order valence-electron chi connectivity index (χ0n) is 5.72. The third kappa shape index (κ3) is 1.11. The molecule has 1 aliphatic heterocycles. The fraction of sp³-hybridized carbons (Fsp3) is 0.500. The van der Waals surface area contributed by atoms with Crippen molar-refractivity contribution in [2.45, 2.75) is 0 Å². The third-order valence-corrected chi connectivity index (χ3v) is 1.34. The van der Waals surface area contributed by atoms with Crippen molar-refractivity contribution in [1.29, 1.82) is 0 Å². The largest absolute Gasteiger partial charge is 0.464 e. The van der Waals surface area contributed by atoms with E-state index in [1.807, 2.05) is 0 Å². The van der Waals surface area contributed by atoms with Gasteiger partial charge in [-0.15, -0.1) is 0 Å². The van der Waals surface area contributed by atoms with Crippen molar-refractivity contribution in [3.8, 4) is 0 Å². The molecule has 1 fully saturated rings. The van der Waals surface area contributed by atoms with Crippen LogP contribution in [0.25, 0.3) is 0 Å². The van der Waals surface area contributed by atoms with Crippen LogP contribution in [0, 0.1) is 0 Å². The van der Waals surface area contributed by atoms with E-state index in [2.05, 4.69) is 4.74 Å². The van der Waals surface area contributed by atoms with Crippen LogP contribution in [0.2, 0.25) is 0 Å². The van der Waals surface area contributed by atoms with Gasteiger partial charge in [0.15, 0.2) is 0 Å². The number of ether oxygens (including phenoxy) is 2. The van der Waals surface area contributed by atoms with Crippen LogP contribution in [0.15, 0.2) is 11.3 Å². The van der Waals surface area contributed by atoms with Crippen LogP contribution in [-0.2, 0) is 14.3 Å². The highest BCUT2D eigenvalue weighted by molar-refractivity contribution is 5.88. The molecule has 0 aliphatic carbocycles. The Labute approximate surface area is 58.6 Å². The lowest BCUT2D eigenvalue weighted by Crippen LogP contribution is -2.26. The van der Waals surface area contributed by atoms with Crippen molar-refractivity contribution >= 4 is 5.97 Å². The second kappa shape index (κ2) is 2.70. The second-order valence-corrected chi connectivity index (χ2v) is 2.00. The fourth-order valence-electron chi connectivity index (χ4n) is 0.614. The van der Waals surface area contributed by atoms with Crippen molar-refractivity contribution in [2.75, 3.05) is 20.3 Å². The summed E-state index contributed by atoms with van der Waals surface area (Å²) in [5.74, 6) is -0.474. The van der Waals surface area contributed by atoms with Crippen LogP contribution in [0.4, 0.5) is 0 Å². The first kappa shape index (κ1) is 7.08. The summed E-state index contributed by atoms with van der Waals surface area (Å²) in [5.41, 5.74) is 6.37. The maximum atomic E-state index is 10.7. The minimum absolute atomic E-state index is 0.189. The van der Waals surface area contributed by atoms with Crippen molar-refractivity contribution in [1.82, 2.24) is 0 Å². The number of carbonyl (C=O) groups excluding carboxylic acids is 1. The van der Waals surface area contributed by atoms with E-state index >= 15 is 0 Å². The molecule has 0 spiro atoms. The van der Waals surface area contributed by atoms with E-state index in [9.17, 15) is 4.79 Å². The smallest absolute Gasteiger partial charge is 0.354 e. The van der Waals surface area contributed by atoms with Gasteiger partial charge in [0.1, 0.15) is 5.70 Å². The van der Waals surface area contributed by atoms with E-state index in [1.54, 1.807) is 0 Å². The Hall–Kier alpha value is -1.03. The zero-order chi connectivity index (χ0) is 7.56. The molecule has 56 valence electrons. The van der Waals surface area contributed by atoms with Gasteiger partial charge < -0.3 is 15.2 Å². The average molecular weight is 143 g/mol. The molecule has 1 heterocycles. The number of hydrogen-bond donors (Lipinski definition) is 1. The molecular weight excluding hydrogens is 134 g/mol. The quantitative estimate of drug-likeness (QED) is 0.393. The number of nitrogens with two attached hydrogens (primary N) is 1. The highest BCUT2D eigenvalue weighted by Gasteiger charge is 2.18. The van der Waals surface area contributed by atoms with Crippen LogP contribution >= 0.6 is 0 Å². The average Bonchev–Trinajstić information content (AvgIpc) is 1.82. The lowest BCUT2D eigenvalue weighted by atomic mass is 10.2. The van der Waals surface area contributed by atoms with Crippen LogP contribution in [0.3, 0.4) is 0 Å². The Balaban J connectivity index is 2.61. The van der Waals surface area contributed by atoms with Gasteiger partial charge in [-0.3, -0.25) is 0 Å². The fourth-order valence-corrected chi connectivity index (χ4v) is 0.614. The molecule has 1 saturated heterocycles. The predicted octanol–water partition coefficient (Wildman–Crippen LogP) is -0.598. The van der Waals surface area contributed by atoms with Crippen LogP contribution < -0.4 is 5.73 Å². The minimum Gasteiger partial charge on any atom is -0.464 e. The summed E-state index contributed by atoms with van der Waals surface area (Å²) in [4.78, 5) is 10.7. The standard InChI is InChI=1S/C6H9NO3/c1-9-6(8)5(7)4-2-10-3-4/h2-3,7H2,1H3. The molecule has 10 heavy (non-hydrogen) atoms. The van der Waals surface area contributed by atoms with Gasteiger partial charge in [-0.25, -0.2) is 4.79 Å². The number of carbonyl (C=O) groups is 1. The van der Waals surface area contributed by atoms with E-state index in [-0.39, 0.29) is 5.70 Å². The van der Waals surface area contributed by atoms with Crippen LogP contribution in [0.1, 0.15) is 0 Å². The predicted molar refractivity (Wildman–Crippen MR) is 34.0 cm³/mol. The second-order valence-electron chi connectivity index (χ2n) is 2.00. The zero-order valence-corrected chi connectivity index (χ0v) is 5.72. The molecule has 0 saturated carbocycles. The van der Waals surface area contributed by atoms with Gasteiger partial charge in [0.05, 0.1) is 20.3 Å². The number of esters is 1. The van der Waals surface area contributed by atoms with Crippen molar-refractivity contribution in [3.05, 3.63) is 11.3 Å². The maximum absolute atomic E-state index is 10.7. The van der Waals surface area contributed by atoms with E-state index in [1.165, 1.54) is 7.11 Å². The molecule has 0 aromatic heterocycles. The molecule has 0 bridgehead atoms. The SMILES string of the molecule is COC(=O)C(N)=C1COC1. The Kier molecular flexibility index (Phi) is 1.91.